The number of aliphatic carboxylic acids is 1. The summed E-state index contributed by atoms with van der Waals surface area (Å²) in [4.78, 5) is 20.6. The maximum absolute atomic E-state index is 10.5. The van der Waals surface area contributed by atoms with Gasteiger partial charge >= 0.3 is 5.97 Å². The van der Waals surface area contributed by atoms with Crippen LogP contribution >= 0.6 is 0 Å². The zero-order valence-electron chi connectivity index (χ0n) is 7.36. The highest BCUT2D eigenvalue weighted by atomic mass is 16.4. The molecule has 0 rings (SSSR count). The minimum Gasteiger partial charge on any atom is -0.481 e. The van der Waals surface area contributed by atoms with Crippen LogP contribution in [0.15, 0.2) is 0 Å². The van der Waals surface area contributed by atoms with Gasteiger partial charge in [0.15, 0.2) is 0 Å². The Labute approximate surface area is 75.7 Å². The number of hydrogen-bond acceptors (Lipinski definition) is 4. The fourth-order valence-electron chi connectivity index (χ4n) is 0.687. The number of primary amides is 1. The molecular weight excluding hydrogens is 176 g/mol. The van der Waals surface area contributed by atoms with Crippen molar-refractivity contribution >= 4 is 11.9 Å². The molecule has 0 saturated heterocycles. The molecule has 2 atom stereocenters. The molecule has 0 spiro atoms. The van der Waals surface area contributed by atoms with Gasteiger partial charge in [-0.2, -0.15) is 0 Å². The molecule has 0 aliphatic carbocycles. The Hall–Kier alpha value is -1.14. The van der Waals surface area contributed by atoms with E-state index < -0.39 is 24.0 Å². The molecule has 6 nitrogen and oxygen atoms in total. The van der Waals surface area contributed by atoms with E-state index in [1.54, 1.807) is 0 Å². The van der Waals surface area contributed by atoms with E-state index in [1.807, 2.05) is 0 Å². The third-order valence-corrected chi connectivity index (χ3v) is 1.50. The summed E-state index contributed by atoms with van der Waals surface area (Å²) in [6, 6.07) is -0.566. The lowest BCUT2D eigenvalue weighted by Crippen LogP contribution is -2.42. The first-order valence-electron chi connectivity index (χ1n) is 3.86. The Morgan fingerprint density at radius 3 is 2.46 bits per heavy atom. The average molecular weight is 190 g/mol. The predicted molar refractivity (Wildman–Crippen MR) is 44.9 cm³/mol. The van der Waals surface area contributed by atoms with Crippen LogP contribution in [0.25, 0.3) is 0 Å². The van der Waals surface area contributed by atoms with Crippen LogP contribution in [0, 0.1) is 0 Å². The van der Waals surface area contributed by atoms with Crippen molar-refractivity contribution in [1.82, 2.24) is 5.32 Å². The van der Waals surface area contributed by atoms with Crippen LogP contribution in [0.3, 0.4) is 0 Å². The zero-order chi connectivity index (χ0) is 10.4. The summed E-state index contributed by atoms with van der Waals surface area (Å²) in [6.45, 7) is 1.58. The van der Waals surface area contributed by atoms with Gasteiger partial charge in [0.2, 0.25) is 5.91 Å². The number of carboxylic acid groups (broad SMARTS) is 1. The first-order valence-corrected chi connectivity index (χ1v) is 3.86. The monoisotopic (exact) mass is 190 g/mol. The number of aliphatic hydroxyl groups is 1. The SMILES string of the molecule is CC(NCC(O)CC(=O)O)C(N)=O. The summed E-state index contributed by atoms with van der Waals surface area (Å²) in [5, 5.41) is 19.9. The molecule has 0 bridgehead atoms. The molecule has 6 heteroatoms. The van der Waals surface area contributed by atoms with E-state index in [-0.39, 0.29) is 13.0 Å². The topological polar surface area (TPSA) is 113 Å². The van der Waals surface area contributed by atoms with E-state index in [9.17, 15) is 9.59 Å². The smallest absolute Gasteiger partial charge is 0.306 e. The maximum atomic E-state index is 10.5. The molecule has 13 heavy (non-hydrogen) atoms. The summed E-state index contributed by atoms with van der Waals surface area (Å²) in [6.07, 6.45) is -1.35. The van der Waals surface area contributed by atoms with Gasteiger partial charge in [-0.15, -0.1) is 0 Å². The van der Waals surface area contributed by atoms with Crippen LogP contribution in [0.5, 0.6) is 0 Å². The van der Waals surface area contributed by atoms with Crippen molar-refractivity contribution in [3.63, 3.8) is 0 Å². The van der Waals surface area contributed by atoms with Crippen LogP contribution in [0.4, 0.5) is 0 Å². The summed E-state index contributed by atoms with van der Waals surface area (Å²) in [7, 11) is 0. The van der Waals surface area contributed by atoms with E-state index in [2.05, 4.69) is 5.32 Å². The highest BCUT2D eigenvalue weighted by Crippen LogP contribution is 1.90. The van der Waals surface area contributed by atoms with E-state index >= 15 is 0 Å². The number of nitrogens with one attached hydrogen (secondary N) is 1. The molecule has 1 amide bonds. The van der Waals surface area contributed by atoms with E-state index in [0.717, 1.165) is 0 Å². The molecule has 0 saturated carbocycles. The van der Waals surface area contributed by atoms with Crippen molar-refractivity contribution in [3.8, 4) is 0 Å². The number of carboxylic acids is 1. The van der Waals surface area contributed by atoms with Crippen LogP contribution < -0.4 is 11.1 Å². The Kier molecular flexibility index (Phi) is 5.01. The van der Waals surface area contributed by atoms with Gasteiger partial charge in [-0.1, -0.05) is 0 Å². The minimum atomic E-state index is -1.08. The zero-order valence-corrected chi connectivity index (χ0v) is 7.36. The van der Waals surface area contributed by atoms with Crippen molar-refractivity contribution in [2.75, 3.05) is 6.54 Å². The molecule has 0 radical (unpaired) electrons. The Balaban J connectivity index is 3.63. The molecule has 0 aromatic carbocycles. The number of nitrogens with two attached hydrogens (primary N) is 1. The largest absolute Gasteiger partial charge is 0.481 e. The summed E-state index contributed by atoms with van der Waals surface area (Å²) >= 11 is 0. The van der Waals surface area contributed by atoms with Gasteiger partial charge in [-0.25, -0.2) is 0 Å². The second kappa shape index (κ2) is 5.50. The molecule has 0 aromatic heterocycles. The molecule has 0 fully saturated rings. The predicted octanol–water partition coefficient (Wildman–Crippen LogP) is -1.71. The average Bonchev–Trinajstić information content (AvgIpc) is 1.98. The van der Waals surface area contributed by atoms with Gasteiger partial charge < -0.3 is 21.3 Å². The van der Waals surface area contributed by atoms with Gasteiger partial charge in [0.1, 0.15) is 0 Å². The third kappa shape index (κ3) is 6.06. The first-order chi connectivity index (χ1) is 5.93. The van der Waals surface area contributed by atoms with Crippen molar-refractivity contribution in [3.05, 3.63) is 0 Å². The molecule has 0 aliphatic heterocycles. The maximum Gasteiger partial charge on any atom is 0.306 e. The number of aliphatic hydroxyl groups excluding tert-OH is 1. The number of rotatable bonds is 6. The summed E-state index contributed by atoms with van der Waals surface area (Å²) < 4.78 is 0. The van der Waals surface area contributed by atoms with Crippen molar-refractivity contribution < 1.29 is 19.8 Å². The number of carbonyl (C=O) groups is 2. The van der Waals surface area contributed by atoms with Crippen LogP contribution in [0.2, 0.25) is 0 Å². The molecule has 76 valence electrons. The Morgan fingerprint density at radius 2 is 2.08 bits per heavy atom. The van der Waals surface area contributed by atoms with Gasteiger partial charge in [-0.3, -0.25) is 9.59 Å². The molecule has 0 aromatic rings. The van der Waals surface area contributed by atoms with Crippen LogP contribution in [-0.4, -0.2) is 40.8 Å². The van der Waals surface area contributed by atoms with Gasteiger partial charge in [0.25, 0.3) is 0 Å². The van der Waals surface area contributed by atoms with E-state index in [0.29, 0.717) is 0 Å². The van der Waals surface area contributed by atoms with Gasteiger partial charge in [0, 0.05) is 6.54 Å². The molecule has 5 N–H and O–H groups in total. The van der Waals surface area contributed by atoms with Gasteiger partial charge in [-0.05, 0) is 6.92 Å². The van der Waals surface area contributed by atoms with Crippen molar-refractivity contribution in [1.29, 1.82) is 0 Å². The van der Waals surface area contributed by atoms with Crippen molar-refractivity contribution in [2.24, 2.45) is 5.73 Å². The highest BCUT2D eigenvalue weighted by Gasteiger charge is 2.12. The fraction of sp³-hybridized carbons (Fsp3) is 0.714. The second-order valence-corrected chi connectivity index (χ2v) is 2.78. The fourth-order valence-corrected chi connectivity index (χ4v) is 0.687. The molecule has 0 heterocycles. The van der Waals surface area contributed by atoms with Crippen LogP contribution in [0.1, 0.15) is 13.3 Å². The Morgan fingerprint density at radius 1 is 1.54 bits per heavy atom. The number of hydrogen-bond donors (Lipinski definition) is 4. The quantitative estimate of drug-likeness (QED) is 0.398. The summed E-state index contributed by atoms with van der Waals surface area (Å²) in [5.74, 6) is -1.62. The van der Waals surface area contributed by atoms with E-state index in [1.165, 1.54) is 6.92 Å². The normalized spacial score (nSPS) is 14.9. The number of amides is 1. The molecular formula is C7H14N2O4. The third-order valence-electron chi connectivity index (χ3n) is 1.50. The minimum absolute atomic E-state index is 0.0381. The lowest BCUT2D eigenvalue weighted by atomic mass is 10.2. The van der Waals surface area contributed by atoms with E-state index in [4.69, 9.17) is 15.9 Å². The Bertz CT molecular complexity index is 195. The highest BCUT2D eigenvalue weighted by molar-refractivity contribution is 5.79. The second-order valence-electron chi connectivity index (χ2n) is 2.78. The standard InChI is InChI=1S/C7H14N2O4/c1-4(7(8)13)9-3-5(10)2-6(11)12/h4-5,9-10H,2-3H2,1H3,(H2,8,13)(H,11,12). The van der Waals surface area contributed by atoms with Gasteiger partial charge in [0.05, 0.1) is 18.6 Å². The number of carbonyl (C=O) groups excluding carboxylic acids is 1. The summed E-state index contributed by atoms with van der Waals surface area (Å²) in [5.41, 5.74) is 4.92. The first kappa shape index (κ1) is 11.9. The molecule has 2 unspecified atom stereocenters. The lowest BCUT2D eigenvalue weighted by molar-refractivity contribution is -0.139. The van der Waals surface area contributed by atoms with Crippen LogP contribution in [-0.2, 0) is 9.59 Å². The molecule has 0 aliphatic rings. The van der Waals surface area contributed by atoms with Crippen molar-refractivity contribution in [2.45, 2.75) is 25.5 Å². The lowest BCUT2D eigenvalue weighted by Gasteiger charge is -2.12.